The average Bonchev–Trinajstić information content (AvgIpc) is 2.52. The van der Waals surface area contributed by atoms with Crippen molar-refractivity contribution < 1.29 is 14.7 Å². The maximum Gasteiger partial charge on any atom is 0.246 e. The quantitative estimate of drug-likeness (QED) is 0.507. The zero-order valence-electron chi connectivity index (χ0n) is 9.98. The van der Waals surface area contributed by atoms with Crippen molar-refractivity contribution in [1.82, 2.24) is 9.80 Å². The molecule has 1 aliphatic heterocycles. The first-order valence-electron chi connectivity index (χ1n) is 5.69. The van der Waals surface area contributed by atoms with E-state index in [2.05, 4.69) is 0 Å². The predicted octanol–water partition coefficient (Wildman–Crippen LogP) is -0.162. The van der Waals surface area contributed by atoms with Crippen LogP contribution in [-0.4, -0.2) is 60.0 Å². The van der Waals surface area contributed by atoms with Gasteiger partial charge < -0.3 is 5.11 Å². The van der Waals surface area contributed by atoms with Crippen LogP contribution in [0.1, 0.15) is 25.7 Å². The molecule has 1 fully saturated rings. The fourth-order valence-electron chi connectivity index (χ4n) is 1.89. The number of hydrogen-bond donors (Lipinski definition) is 1. The molecule has 1 heterocycles. The molecular weight excluding hydrogens is 208 g/mol. The molecule has 5 heteroatoms. The van der Waals surface area contributed by atoms with Gasteiger partial charge in [-0.1, -0.05) is 0 Å². The lowest BCUT2D eigenvalue weighted by Crippen LogP contribution is -2.39. The minimum absolute atomic E-state index is 0.0998. The maximum atomic E-state index is 11.7. The number of carbonyl (C=O) groups excluding carboxylic acids is 2. The Kier molecular flexibility index (Phi) is 4.89. The first-order chi connectivity index (χ1) is 7.57. The minimum Gasteiger partial charge on any atom is -0.396 e. The van der Waals surface area contributed by atoms with Crippen molar-refractivity contribution in [3.8, 4) is 0 Å². The summed E-state index contributed by atoms with van der Waals surface area (Å²) in [5, 5.41) is 8.64. The first-order valence-corrected chi connectivity index (χ1v) is 5.69. The lowest BCUT2D eigenvalue weighted by molar-refractivity contribution is -0.137. The summed E-state index contributed by atoms with van der Waals surface area (Å²) in [6.07, 6.45) is 2.99. The van der Waals surface area contributed by atoms with E-state index in [1.54, 1.807) is 0 Å². The predicted molar refractivity (Wildman–Crippen MR) is 59.7 cm³/mol. The molecular formula is C11H20N2O3. The molecule has 0 aromatic heterocycles. The van der Waals surface area contributed by atoms with Crippen molar-refractivity contribution in [1.29, 1.82) is 0 Å². The molecule has 1 rings (SSSR count). The Morgan fingerprint density at radius 3 is 2.56 bits per heavy atom. The monoisotopic (exact) mass is 228 g/mol. The molecule has 1 aliphatic rings. The summed E-state index contributed by atoms with van der Waals surface area (Å²) in [6, 6.07) is -0.286. The van der Waals surface area contributed by atoms with Crippen molar-refractivity contribution in [3.63, 3.8) is 0 Å². The van der Waals surface area contributed by atoms with Gasteiger partial charge in [-0.25, -0.2) is 0 Å². The van der Waals surface area contributed by atoms with Gasteiger partial charge in [-0.2, -0.15) is 0 Å². The van der Waals surface area contributed by atoms with Crippen molar-refractivity contribution in [2.75, 3.05) is 27.2 Å². The van der Waals surface area contributed by atoms with Crippen LogP contribution in [0.4, 0.5) is 0 Å². The molecule has 5 nitrogen and oxygen atoms in total. The molecule has 1 unspecified atom stereocenters. The highest BCUT2D eigenvalue weighted by Gasteiger charge is 2.38. The number of likely N-dealkylation sites (N-methyl/N-ethyl adjacent to an activating group) is 2. The minimum atomic E-state index is -0.286. The summed E-state index contributed by atoms with van der Waals surface area (Å²) >= 11 is 0. The third kappa shape index (κ3) is 3.02. The van der Waals surface area contributed by atoms with Crippen molar-refractivity contribution in [2.24, 2.45) is 0 Å². The van der Waals surface area contributed by atoms with Crippen LogP contribution in [0.25, 0.3) is 0 Å². The van der Waals surface area contributed by atoms with Crippen molar-refractivity contribution in [2.45, 2.75) is 31.7 Å². The van der Waals surface area contributed by atoms with Gasteiger partial charge in [0.25, 0.3) is 0 Å². The van der Waals surface area contributed by atoms with Crippen LogP contribution in [0, 0.1) is 0 Å². The zero-order valence-corrected chi connectivity index (χ0v) is 9.98. The number of likely N-dealkylation sites (tertiary alicyclic amines) is 1. The summed E-state index contributed by atoms with van der Waals surface area (Å²) in [6.45, 7) is 1.00. The van der Waals surface area contributed by atoms with Crippen LogP contribution in [0.5, 0.6) is 0 Å². The van der Waals surface area contributed by atoms with Crippen LogP contribution in [-0.2, 0) is 9.59 Å². The maximum absolute atomic E-state index is 11.7. The lowest BCUT2D eigenvalue weighted by Gasteiger charge is -2.21. The van der Waals surface area contributed by atoms with Crippen LogP contribution < -0.4 is 0 Å². The van der Waals surface area contributed by atoms with Crippen LogP contribution in [0.3, 0.4) is 0 Å². The molecule has 1 saturated heterocycles. The second-order valence-corrected chi connectivity index (χ2v) is 4.28. The van der Waals surface area contributed by atoms with E-state index in [4.69, 9.17) is 5.11 Å². The fraction of sp³-hybridized carbons (Fsp3) is 0.818. The second-order valence-electron chi connectivity index (χ2n) is 4.28. The van der Waals surface area contributed by atoms with Gasteiger partial charge in [0.15, 0.2) is 0 Å². The van der Waals surface area contributed by atoms with Gasteiger partial charge >= 0.3 is 0 Å². The molecule has 1 atom stereocenters. The van der Waals surface area contributed by atoms with E-state index in [9.17, 15) is 9.59 Å². The van der Waals surface area contributed by atoms with Crippen molar-refractivity contribution in [3.05, 3.63) is 0 Å². The smallest absolute Gasteiger partial charge is 0.246 e. The summed E-state index contributed by atoms with van der Waals surface area (Å²) in [5.41, 5.74) is 0. The SMILES string of the molecule is CN1C(=O)CC(N(C)CCCCCO)C1=O. The third-order valence-corrected chi connectivity index (χ3v) is 3.06. The summed E-state index contributed by atoms with van der Waals surface area (Å²) < 4.78 is 0. The van der Waals surface area contributed by atoms with Crippen LogP contribution in [0.2, 0.25) is 0 Å². The van der Waals surface area contributed by atoms with E-state index >= 15 is 0 Å². The molecule has 0 radical (unpaired) electrons. The van der Waals surface area contributed by atoms with E-state index in [1.165, 1.54) is 11.9 Å². The van der Waals surface area contributed by atoms with Gasteiger partial charge in [-0.05, 0) is 32.9 Å². The second kappa shape index (κ2) is 5.96. The summed E-state index contributed by atoms with van der Waals surface area (Å²) in [5.74, 6) is -0.202. The van der Waals surface area contributed by atoms with E-state index in [-0.39, 0.29) is 24.5 Å². The number of aliphatic hydroxyl groups excluding tert-OH is 1. The highest BCUT2D eigenvalue weighted by atomic mass is 16.3. The zero-order chi connectivity index (χ0) is 12.1. The Morgan fingerprint density at radius 1 is 1.38 bits per heavy atom. The normalized spacial score (nSPS) is 21.2. The van der Waals surface area contributed by atoms with E-state index < -0.39 is 0 Å². The molecule has 0 aliphatic carbocycles. The number of rotatable bonds is 6. The third-order valence-electron chi connectivity index (χ3n) is 3.06. The Bertz CT molecular complexity index is 268. The van der Waals surface area contributed by atoms with Crippen molar-refractivity contribution >= 4 is 11.8 Å². The van der Waals surface area contributed by atoms with Gasteiger partial charge in [-0.15, -0.1) is 0 Å². The van der Waals surface area contributed by atoms with Gasteiger partial charge in [0.2, 0.25) is 11.8 Å². The fourth-order valence-corrected chi connectivity index (χ4v) is 1.89. The number of amides is 2. The molecule has 16 heavy (non-hydrogen) atoms. The molecule has 2 amide bonds. The molecule has 0 spiro atoms. The topological polar surface area (TPSA) is 60.9 Å². The molecule has 0 aromatic rings. The number of unbranched alkanes of at least 4 members (excludes halogenated alkanes) is 2. The summed E-state index contributed by atoms with van der Waals surface area (Å²) in [4.78, 5) is 26.1. The highest BCUT2D eigenvalue weighted by Crippen LogP contribution is 2.16. The number of imide groups is 1. The summed E-state index contributed by atoms with van der Waals surface area (Å²) in [7, 11) is 3.40. The van der Waals surface area contributed by atoms with E-state index in [0.717, 1.165) is 25.8 Å². The van der Waals surface area contributed by atoms with Gasteiger partial charge in [0, 0.05) is 13.7 Å². The molecule has 0 bridgehead atoms. The molecule has 0 aromatic carbocycles. The van der Waals surface area contributed by atoms with E-state index in [1.807, 2.05) is 11.9 Å². The molecule has 1 N–H and O–H groups in total. The Balaban J connectivity index is 2.34. The standard InChI is InChI=1S/C11H20N2O3/c1-12(6-4-3-5-7-14)9-8-10(15)13(2)11(9)16/h9,14H,3-8H2,1-2H3. The number of aliphatic hydroxyl groups is 1. The molecule has 0 saturated carbocycles. The Hall–Kier alpha value is -0.940. The molecule has 92 valence electrons. The number of nitrogens with zero attached hydrogens (tertiary/aromatic N) is 2. The lowest BCUT2D eigenvalue weighted by atomic mass is 10.2. The number of hydrogen-bond acceptors (Lipinski definition) is 4. The average molecular weight is 228 g/mol. The Morgan fingerprint density at radius 2 is 2.06 bits per heavy atom. The van der Waals surface area contributed by atoms with Crippen LogP contribution >= 0.6 is 0 Å². The van der Waals surface area contributed by atoms with Gasteiger partial charge in [-0.3, -0.25) is 19.4 Å². The van der Waals surface area contributed by atoms with Gasteiger partial charge in [0.1, 0.15) is 0 Å². The van der Waals surface area contributed by atoms with Crippen LogP contribution in [0.15, 0.2) is 0 Å². The highest BCUT2D eigenvalue weighted by molar-refractivity contribution is 6.05. The Labute approximate surface area is 96.0 Å². The number of carbonyl (C=O) groups is 2. The largest absolute Gasteiger partial charge is 0.396 e. The first kappa shape index (κ1) is 13.1. The van der Waals surface area contributed by atoms with E-state index in [0.29, 0.717) is 6.42 Å². The van der Waals surface area contributed by atoms with Gasteiger partial charge in [0.05, 0.1) is 12.5 Å².